The van der Waals surface area contributed by atoms with Crippen LogP contribution in [0.4, 0.5) is 26.3 Å². The molecule has 0 radical (unpaired) electrons. The van der Waals surface area contributed by atoms with Crippen LogP contribution < -0.4 is 0 Å². The van der Waals surface area contributed by atoms with Crippen LogP contribution in [0.3, 0.4) is 0 Å². The quantitative estimate of drug-likeness (QED) is 0.430. The Balaban J connectivity index is 1.88. The second-order valence-corrected chi connectivity index (χ2v) is 7.61. The largest absolute Gasteiger partial charge is 0.251 e. The first-order valence-electron chi connectivity index (χ1n) is 8.89. The minimum atomic E-state index is -3.10. The SMILES string of the molecule is CCCC1CC2C(F)CC(c3cc(F)c(F)c(F)c3)CC(F)(F)C2C1. The average Bonchev–Trinajstić information content (AvgIpc) is 2.93. The Labute approximate surface area is 143 Å². The zero-order valence-electron chi connectivity index (χ0n) is 14.1. The molecule has 25 heavy (non-hydrogen) atoms. The zero-order valence-corrected chi connectivity index (χ0v) is 14.1. The molecule has 2 aliphatic rings. The second-order valence-electron chi connectivity index (χ2n) is 7.61. The van der Waals surface area contributed by atoms with E-state index in [9.17, 15) is 26.3 Å². The van der Waals surface area contributed by atoms with Crippen LogP contribution in [0.2, 0.25) is 0 Å². The molecule has 0 amide bonds. The van der Waals surface area contributed by atoms with Gasteiger partial charge in [-0.1, -0.05) is 19.8 Å². The van der Waals surface area contributed by atoms with Crippen molar-refractivity contribution in [2.24, 2.45) is 17.8 Å². The van der Waals surface area contributed by atoms with Crippen LogP contribution in [0.1, 0.15) is 56.9 Å². The molecule has 6 heteroatoms. The predicted molar refractivity (Wildman–Crippen MR) is 82.7 cm³/mol. The maximum atomic E-state index is 14.8. The first-order chi connectivity index (χ1) is 11.7. The van der Waals surface area contributed by atoms with E-state index in [0.29, 0.717) is 25.0 Å². The fourth-order valence-corrected chi connectivity index (χ4v) is 4.78. The predicted octanol–water partition coefficient (Wildman–Crippen LogP) is 6.40. The van der Waals surface area contributed by atoms with Crippen molar-refractivity contribution in [3.8, 4) is 0 Å². The summed E-state index contributed by atoms with van der Waals surface area (Å²) < 4.78 is 84.4. The van der Waals surface area contributed by atoms with Crippen molar-refractivity contribution in [1.82, 2.24) is 0 Å². The minimum Gasteiger partial charge on any atom is -0.247 e. The van der Waals surface area contributed by atoms with Gasteiger partial charge in [-0.3, -0.25) is 0 Å². The van der Waals surface area contributed by atoms with Crippen LogP contribution >= 0.6 is 0 Å². The number of fused-ring (bicyclic) bond motifs is 1. The Hall–Kier alpha value is -1.20. The molecule has 5 atom stereocenters. The fraction of sp³-hybridized carbons (Fsp3) is 0.684. The van der Waals surface area contributed by atoms with Crippen molar-refractivity contribution in [3.63, 3.8) is 0 Å². The molecule has 0 aromatic heterocycles. The number of benzene rings is 1. The summed E-state index contributed by atoms with van der Waals surface area (Å²) in [5.74, 6) is -10.3. The highest BCUT2D eigenvalue weighted by atomic mass is 19.3. The maximum Gasteiger partial charge on any atom is 0.251 e. The third-order valence-corrected chi connectivity index (χ3v) is 5.92. The number of alkyl halides is 3. The van der Waals surface area contributed by atoms with Gasteiger partial charge in [0.05, 0.1) is 0 Å². The Bertz CT molecular complexity index is 605. The van der Waals surface area contributed by atoms with Gasteiger partial charge in [0.2, 0.25) is 0 Å². The lowest BCUT2D eigenvalue weighted by Gasteiger charge is -2.27. The fourth-order valence-electron chi connectivity index (χ4n) is 4.78. The summed E-state index contributed by atoms with van der Waals surface area (Å²) in [7, 11) is 0. The summed E-state index contributed by atoms with van der Waals surface area (Å²) in [5, 5.41) is 0. The van der Waals surface area contributed by atoms with Crippen molar-refractivity contribution < 1.29 is 26.3 Å². The van der Waals surface area contributed by atoms with Gasteiger partial charge in [-0.25, -0.2) is 26.3 Å². The van der Waals surface area contributed by atoms with Crippen LogP contribution in [0.15, 0.2) is 12.1 Å². The molecule has 0 spiro atoms. The minimum absolute atomic E-state index is 0.0937. The molecule has 0 bridgehead atoms. The van der Waals surface area contributed by atoms with E-state index in [1.165, 1.54) is 0 Å². The van der Waals surface area contributed by atoms with Crippen LogP contribution in [-0.2, 0) is 0 Å². The summed E-state index contributed by atoms with van der Waals surface area (Å²) in [4.78, 5) is 0. The molecule has 1 aromatic rings. The Morgan fingerprint density at radius 1 is 1.04 bits per heavy atom. The van der Waals surface area contributed by atoms with Crippen LogP contribution in [0.25, 0.3) is 0 Å². The molecular formula is C19H22F6. The number of rotatable bonds is 3. The summed E-state index contributed by atoms with van der Waals surface area (Å²) in [6, 6.07) is 1.43. The van der Waals surface area contributed by atoms with Gasteiger partial charge in [0.25, 0.3) is 5.92 Å². The maximum absolute atomic E-state index is 14.8. The summed E-state index contributed by atoms with van der Waals surface area (Å²) in [6.45, 7) is 1.98. The van der Waals surface area contributed by atoms with Gasteiger partial charge in [-0.2, -0.15) is 0 Å². The van der Waals surface area contributed by atoms with E-state index in [1.54, 1.807) is 0 Å². The second kappa shape index (κ2) is 6.84. The summed E-state index contributed by atoms with van der Waals surface area (Å²) in [6.07, 6.45) is 0.120. The molecule has 0 aliphatic heterocycles. The highest BCUT2D eigenvalue weighted by Gasteiger charge is 2.55. The molecule has 5 unspecified atom stereocenters. The Morgan fingerprint density at radius 2 is 1.68 bits per heavy atom. The van der Waals surface area contributed by atoms with E-state index < -0.39 is 53.7 Å². The van der Waals surface area contributed by atoms with Gasteiger partial charge < -0.3 is 0 Å². The first kappa shape index (κ1) is 18.6. The monoisotopic (exact) mass is 364 g/mol. The first-order valence-corrected chi connectivity index (χ1v) is 8.89. The molecule has 0 heterocycles. The molecule has 2 fully saturated rings. The highest BCUT2D eigenvalue weighted by Crippen LogP contribution is 2.55. The average molecular weight is 364 g/mol. The normalized spacial score (nSPS) is 34.6. The van der Waals surface area contributed by atoms with Gasteiger partial charge in [-0.05, 0) is 54.7 Å². The smallest absolute Gasteiger partial charge is 0.247 e. The van der Waals surface area contributed by atoms with Gasteiger partial charge in [-0.15, -0.1) is 0 Å². The van der Waals surface area contributed by atoms with E-state index in [4.69, 9.17) is 0 Å². The molecule has 0 saturated heterocycles. The van der Waals surface area contributed by atoms with E-state index >= 15 is 0 Å². The molecule has 2 aliphatic carbocycles. The van der Waals surface area contributed by atoms with Crippen molar-refractivity contribution in [1.29, 1.82) is 0 Å². The molecular weight excluding hydrogens is 342 g/mol. The summed E-state index contributed by atoms with van der Waals surface area (Å²) in [5.41, 5.74) is -0.0937. The van der Waals surface area contributed by atoms with Crippen molar-refractivity contribution in [2.45, 2.75) is 63.5 Å². The number of hydrogen-bond donors (Lipinski definition) is 0. The lowest BCUT2D eigenvalue weighted by molar-refractivity contribution is -0.0808. The molecule has 2 saturated carbocycles. The molecule has 0 nitrogen and oxygen atoms in total. The summed E-state index contributed by atoms with van der Waals surface area (Å²) >= 11 is 0. The number of halogens is 6. The number of hydrogen-bond acceptors (Lipinski definition) is 0. The van der Waals surface area contributed by atoms with Crippen LogP contribution in [-0.4, -0.2) is 12.1 Å². The van der Waals surface area contributed by atoms with Crippen molar-refractivity contribution >= 4 is 0 Å². The van der Waals surface area contributed by atoms with Crippen LogP contribution in [0, 0.1) is 35.2 Å². The Kier molecular flexibility index (Phi) is 5.09. The molecule has 140 valence electrons. The van der Waals surface area contributed by atoms with Gasteiger partial charge in [0.1, 0.15) is 6.17 Å². The van der Waals surface area contributed by atoms with Gasteiger partial charge >= 0.3 is 0 Å². The van der Waals surface area contributed by atoms with E-state index in [0.717, 1.165) is 12.8 Å². The highest BCUT2D eigenvalue weighted by molar-refractivity contribution is 5.24. The molecule has 1 aromatic carbocycles. The lowest BCUT2D eigenvalue weighted by Crippen LogP contribution is -2.32. The third-order valence-electron chi connectivity index (χ3n) is 5.92. The van der Waals surface area contributed by atoms with Crippen LogP contribution in [0.5, 0.6) is 0 Å². The molecule has 0 N–H and O–H groups in total. The zero-order chi connectivity index (χ0) is 18.4. The van der Waals surface area contributed by atoms with Crippen molar-refractivity contribution in [3.05, 3.63) is 35.1 Å². The van der Waals surface area contributed by atoms with Gasteiger partial charge in [0, 0.05) is 12.3 Å². The topological polar surface area (TPSA) is 0 Å². The van der Waals surface area contributed by atoms with E-state index in [1.807, 2.05) is 6.92 Å². The van der Waals surface area contributed by atoms with E-state index in [-0.39, 0.29) is 17.9 Å². The molecule has 3 rings (SSSR count). The standard InChI is InChI=1S/C19H22F6/c1-2-3-10-4-13-14(5-10)19(24,25)9-12(8-15(13)20)11-6-16(21)18(23)17(22)7-11/h6-7,10,12-15H,2-5,8-9H2,1H3. The van der Waals surface area contributed by atoms with Crippen molar-refractivity contribution in [2.75, 3.05) is 0 Å². The third kappa shape index (κ3) is 3.54. The Morgan fingerprint density at radius 3 is 2.28 bits per heavy atom. The van der Waals surface area contributed by atoms with Gasteiger partial charge in [0.15, 0.2) is 17.5 Å². The van der Waals surface area contributed by atoms with E-state index in [2.05, 4.69) is 0 Å². The lowest BCUT2D eigenvalue weighted by atomic mass is 9.87.